The Hall–Kier alpha value is -2.37. The van der Waals surface area contributed by atoms with Crippen LogP contribution in [-0.4, -0.2) is 34.6 Å². The molecule has 0 amide bonds. The lowest BCUT2D eigenvalue weighted by atomic mass is 10.0. The van der Waals surface area contributed by atoms with Crippen molar-refractivity contribution in [2.24, 2.45) is 0 Å². The van der Waals surface area contributed by atoms with Gasteiger partial charge in [-0.25, -0.2) is 4.68 Å². The van der Waals surface area contributed by atoms with Gasteiger partial charge in [0.1, 0.15) is 5.75 Å². The van der Waals surface area contributed by atoms with E-state index >= 15 is 0 Å². The van der Waals surface area contributed by atoms with E-state index in [1.54, 1.807) is 7.11 Å². The third-order valence-electron chi connectivity index (χ3n) is 5.06. The van der Waals surface area contributed by atoms with Crippen LogP contribution in [0.4, 0.5) is 0 Å². The van der Waals surface area contributed by atoms with Crippen molar-refractivity contribution in [1.29, 1.82) is 0 Å². The molecule has 5 nitrogen and oxygen atoms in total. The Morgan fingerprint density at radius 2 is 1.93 bits per heavy atom. The Balaban J connectivity index is 1.93. The quantitative estimate of drug-likeness (QED) is 0.641. The first kappa shape index (κ1) is 19.0. The predicted molar refractivity (Wildman–Crippen MR) is 111 cm³/mol. The molecule has 0 fully saturated rings. The van der Waals surface area contributed by atoms with Crippen LogP contribution in [0, 0.1) is 13.8 Å². The average molecular weight is 398 g/mol. The topological polar surface area (TPSA) is 49.2 Å². The smallest absolute Gasteiger partial charge is 0.139 e. The molecule has 0 aliphatic carbocycles. The molecule has 1 aromatic carbocycles. The Morgan fingerprint density at radius 3 is 2.64 bits per heavy atom. The van der Waals surface area contributed by atoms with Crippen LogP contribution in [0.3, 0.4) is 0 Å². The maximum atomic E-state index is 6.23. The molecular formula is C22H24ClN3O2. The van der Waals surface area contributed by atoms with Gasteiger partial charge in [-0.2, -0.15) is 5.10 Å². The van der Waals surface area contributed by atoms with Gasteiger partial charge in [0.15, 0.2) is 0 Å². The highest BCUT2D eigenvalue weighted by atomic mass is 35.5. The molecule has 146 valence electrons. The lowest BCUT2D eigenvalue weighted by Gasteiger charge is -2.12. The van der Waals surface area contributed by atoms with Crippen molar-refractivity contribution in [2.45, 2.75) is 39.7 Å². The van der Waals surface area contributed by atoms with Crippen molar-refractivity contribution in [3.63, 3.8) is 0 Å². The molecule has 0 bridgehead atoms. The zero-order valence-corrected chi connectivity index (χ0v) is 17.4. The summed E-state index contributed by atoms with van der Waals surface area (Å²) in [6.07, 6.45) is 1.77. The van der Waals surface area contributed by atoms with E-state index in [0.29, 0.717) is 17.4 Å². The molecule has 4 rings (SSSR count). The third kappa shape index (κ3) is 3.52. The number of pyridine rings is 1. The number of ether oxygens (including phenoxy) is 2. The maximum absolute atomic E-state index is 6.23. The molecule has 0 spiro atoms. The van der Waals surface area contributed by atoms with Gasteiger partial charge < -0.3 is 9.47 Å². The fourth-order valence-electron chi connectivity index (χ4n) is 3.85. The first-order valence-corrected chi connectivity index (χ1v) is 9.86. The molecule has 3 heterocycles. The van der Waals surface area contributed by atoms with Gasteiger partial charge in [-0.05, 0) is 51.5 Å². The van der Waals surface area contributed by atoms with Crippen LogP contribution in [0.2, 0.25) is 5.02 Å². The second kappa shape index (κ2) is 7.57. The second-order valence-electron chi connectivity index (χ2n) is 7.28. The predicted octanol–water partition coefficient (Wildman–Crippen LogP) is 4.72. The SMILES string of the molecule is COc1cc(-n2nc(-c3cc(C)nc(C)c3)c3c2C[C@@H](C)OCC3)ccc1Cl. The number of benzene rings is 1. The van der Waals surface area contributed by atoms with Crippen molar-refractivity contribution < 1.29 is 9.47 Å². The minimum atomic E-state index is 0.139. The first-order chi connectivity index (χ1) is 13.5. The van der Waals surface area contributed by atoms with Crippen molar-refractivity contribution in [1.82, 2.24) is 14.8 Å². The zero-order valence-electron chi connectivity index (χ0n) is 16.6. The second-order valence-corrected chi connectivity index (χ2v) is 7.69. The molecule has 0 saturated heterocycles. The minimum Gasteiger partial charge on any atom is -0.495 e. The highest BCUT2D eigenvalue weighted by Gasteiger charge is 2.25. The summed E-state index contributed by atoms with van der Waals surface area (Å²) in [6, 6.07) is 9.94. The fraction of sp³-hybridized carbons (Fsp3) is 0.364. The van der Waals surface area contributed by atoms with Crippen molar-refractivity contribution in [2.75, 3.05) is 13.7 Å². The lowest BCUT2D eigenvalue weighted by Crippen LogP contribution is -2.13. The van der Waals surface area contributed by atoms with E-state index in [9.17, 15) is 0 Å². The molecule has 0 N–H and O–H groups in total. The fourth-order valence-corrected chi connectivity index (χ4v) is 4.04. The molecule has 28 heavy (non-hydrogen) atoms. The van der Waals surface area contributed by atoms with Gasteiger partial charge >= 0.3 is 0 Å². The van der Waals surface area contributed by atoms with Gasteiger partial charge in [0, 0.05) is 35.0 Å². The van der Waals surface area contributed by atoms with E-state index in [1.807, 2.05) is 36.7 Å². The number of halogens is 1. The summed E-state index contributed by atoms with van der Waals surface area (Å²) < 4.78 is 13.4. The number of aryl methyl sites for hydroxylation is 2. The van der Waals surface area contributed by atoms with Crippen molar-refractivity contribution >= 4 is 11.6 Å². The van der Waals surface area contributed by atoms with Crippen molar-refractivity contribution in [3.8, 4) is 22.7 Å². The van der Waals surface area contributed by atoms with Crippen LogP contribution >= 0.6 is 11.6 Å². The van der Waals surface area contributed by atoms with Gasteiger partial charge in [-0.15, -0.1) is 0 Å². The summed E-state index contributed by atoms with van der Waals surface area (Å²) >= 11 is 6.23. The molecule has 1 atom stereocenters. The standard InChI is InChI=1S/C22H24ClN3O2/c1-13-9-16(10-14(2)24-13)22-18-7-8-28-15(3)11-20(18)26(25-22)17-5-6-19(23)21(12-17)27-4/h5-6,9-10,12,15H,7-8,11H2,1-4H3/t15-/m1/s1. The highest BCUT2D eigenvalue weighted by molar-refractivity contribution is 6.32. The van der Waals surface area contributed by atoms with Crippen LogP contribution in [0.25, 0.3) is 16.9 Å². The number of methoxy groups -OCH3 is 1. The molecule has 2 aromatic heterocycles. The molecule has 0 radical (unpaired) electrons. The number of hydrogen-bond donors (Lipinski definition) is 0. The van der Waals surface area contributed by atoms with Gasteiger partial charge in [0.25, 0.3) is 0 Å². The summed E-state index contributed by atoms with van der Waals surface area (Å²) in [6.45, 7) is 6.83. The van der Waals surface area contributed by atoms with Gasteiger partial charge in [-0.3, -0.25) is 4.98 Å². The summed E-state index contributed by atoms with van der Waals surface area (Å²) in [4.78, 5) is 4.51. The largest absolute Gasteiger partial charge is 0.495 e. The van der Waals surface area contributed by atoms with Crippen LogP contribution in [0.1, 0.15) is 29.6 Å². The van der Waals surface area contributed by atoms with E-state index in [2.05, 4.69) is 24.0 Å². The third-order valence-corrected chi connectivity index (χ3v) is 5.37. The molecule has 0 saturated carbocycles. The number of aromatic nitrogens is 3. The van der Waals surface area contributed by atoms with Crippen molar-refractivity contribution in [3.05, 3.63) is 58.0 Å². The molecular weight excluding hydrogens is 374 g/mol. The van der Waals surface area contributed by atoms with Gasteiger partial charge in [0.05, 0.1) is 41.9 Å². The Labute approximate surface area is 170 Å². The lowest BCUT2D eigenvalue weighted by molar-refractivity contribution is 0.0735. The summed E-state index contributed by atoms with van der Waals surface area (Å²) in [5.41, 5.74) is 7.42. The molecule has 6 heteroatoms. The van der Waals surface area contributed by atoms with Crippen LogP contribution in [0.15, 0.2) is 30.3 Å². The maximum Gasteiger partial charge on any atom is 0.139 e. The van der Waals surface area contributed by atoms with Crippen LogP contribution in [-0.2, 0) is 17.6 Å². The van der Waals surface area contributed by atoms with E-state index in [0.717, 1.165) is 41.2 Å². The zero-order chi connectivity index (χ0) is 19.8. The summed E-state index contributed by atoms with van der Waals surface area (Å²) in [7, 11) is 1.62. The van der Waals surface area contributed by atoms with E-state index in [-0.39, 0.29) is 6.10 Å². The van der Waals surface area contributed by atoms with Crippen LogP contribution < -0.4 is 4.74 Å². The van der Waals surface area contributed by atoms with Gasteiger partial charge in [0.2, 0.25) is 0 Å². The summed E-state index contributed by atoms with van der Waals surface area (Å²) in [5.74, 6) is 0.637. The Morgan fingerprint density at radius 1 is 1.18 bits per heavy atom. The van der Waals surface area contributed by atoms with Gasteiger partial charge in [-0.1, -0.05) is 11.6 Å². The monoisotopic (exact) mass is 397 g/mol. The molecule has 1 aliphatic heterocycles. The summed E-state index contributed by atoms with van der Waals surface area (Å²) in [5, 5.41) is 5.62. The van der Waals surface area contributed by atoms with Crippen LogP contribution in [0.5, 0.6) is 5.75 Å². The average Bonchev–Trinajstić information content (AvgIpc) is 2.88. The Bertz CT molecular complexity index is 1010. The molecule has 0 unspecified atom stereocenters. The molecule has 3 aromatic rings. The Kier molecular flexibility index (Phi) is 5.13. The first-order valence-electron chi connectivity index (χ1n) is 9.48. The minimum absolute atomic E-state index is 0.139. The van der Waals surface area contributed by atoms with E-state index in [1.165, 1.54) is 11.3 Å². The number of rotatable bonds is 3. The molecule has 1 aliphatic rings. The number of fused-ring (bicyclic) bond motifs is 1. The number of nitrogens with zero attached hydrogens (tertiary/aromatic N) is 3. The normalized spacial score (nSPS) is 16.5. The van der Waals surface area contributed by atoms with E-state index < -0.39 is 0 Å². The highest BCUT2D eigenvalue weighted by Crippen LogP contribution is 2.33. The van der Waals surface area contributed by atoms with E-state index in [4.69, 9.17) is 26.2 Å². The number of hydrogen-bond acceptors (Lipinski definition) is 4.